The summed E-state index contributed by atoms with van der Waals surface area (Å²) in [7, 11) is -6.68. The summed E-state index contributed by atoms with van der Waals surface area (Å²) >= 11 is 0. The lowest BCUT2D eigenvalue weighted by Crippen LogP contribution is -2.52. The molecule has 10 heteroatoms. The molecule has 178 valence electrons. The van der Waals surface area contributed by atoms with E-state index in [-0.39, 0.29) is 34.9 Å². The zero-order chi connectivity index (χ0) is 23.5. The van der Waals surface area contributed by atoms with E-state index >= 15 is 0 Å². The van der Waals surface area contributed by atoms with Gasteiger partial charge in [0.05, 0.1) is 22.9 Å². The average molecular weight is 492 g/mol. The molecule has 2 saturated heterocycles. The second-order valence-electron chi connectivity index (χ2n) is 8.56. The molecule has 4 rings (SSSR count). The van der Waals surface area contributed by atoms with E-state index in [9.17, 15) is 21.6 Å². The van der Waals surface area contributed by atoms with Crippen molar-refractivity contribution in [3.63, 3.8) is 0 Å². The maximum absolute atomic E-state index is 13.3. The van der Waals surface area contributed by atoms with Gasteiger partial charge in [0.15, 0.2) is 9.84 Å². The fraction of sp³-hybridized carbons (Fsp3) is 0.435. The summed E-state index contributed by atoms with van der Waals surface area (Å²) in [4.78, 5) is 17.2. The molecule has 2 fully saturated rings. The molecule has 33 heavy (non-hydrogen) atoms. The number of carbonyl (C=O) groups is 1. The van der Waals surface area contributed by atoms with Crippen LogP contribution >= 0.6 is 0 Å². The molecule has 8 nitrogen and oxygen atoms in total. The molecule has 1 atom stereocenters. The van der Waals surface area contributed by atoms with Crippen LogP contribution in [0, 0.1) is 0 Å². The summed E-state index contributed by atoms with van der Waals surface area (Å²) in [6.07, 6.45) is 0.448. The number of piperazine rings is 1. The van der Waals surface area contributed by atoms with Gasteiger partial charge >= 0.3 is 0 Å². The summed E-state index contributed by atoms with van der Waals surface area (Å²) in [5, 5.41) is 0. The summed E-state index contributed by atoms with van der Waals surface area (Å²) in [6.45, 7) is 2.01. The Morgan fingerprint density at radius 3 is 2.12 bits per heavy atom. The van der Waals surface area contributed by atoms with Gasteiger partial charge in [0.25, 0.3) is 0 Å². The van der Waals surface area contributed by atoms with Crippen molar-refractivity contribution in [2.24, 2.45) is 0 Å². The van der Waals surface area contributed by atoms with Crippen molar-refractivity contribution >= 4 is 25.8 Å². The van der Waals surface area contributed by atoms with Gasteiger partial charge < -0.3 is 4.90 Å². The van der Waals surface area contributed by atoms with Crippen molar-refractivity contribution in [3.05, 3.63) is 66.2 Å². The highest BCUT2D eigenvalue weighted by Gasteiger charge is 2.36. The van der Waals surface area contributed by atoms with Gasteiger partial charge in [0, 0.05) is 38.8 Å². The van der Waals surface area contributed by atoms with Crippen LogP contribution in [-0.2, 0) is 31.2 Å². The Morgan fingerprint density at radius 1 is 0.939 bits per heavy atom. The van der Waals surface area contributed by atoms with E-state index in [0.29, 0.717) is 39.1 Å². The predicted molar refractivity (Wildman–Crippen MR) is 126 cm³/mol. The van der Waals surface area contributed by atoms with E-state index in [2.05, 4.69) is 0 Å². The first-order valence-electron chi connectivity index (χ1n) is 11.1. The van der Waals surface area contributed by atoms with E-state index in [4.69, 9.17) is 0 Å². The second-order valence-corrected chi connectivity index (χ2v) is 12.7. The average Bonchev–Trinajstić information content (AvgIpc) is 3.18. The molecular weight excluding hydrogens is 462 g/mol. The molecule has 2 aliphatic heterocycles. The van der Waals surface area contributed by atoms with Gasteiger partial charge in [-0.2, -0.15) is 4.31 Å². The highest BCUT2D eigenvalue weighted by Crippen LogP contribution is 2.22. The number of benzene rings is 2. The van der Waals surface area contributed by atoms with Crippen LogP contribution in [-0.4, -0.2) is 87.1 Å². The third-order valence-corrected chi connectivity index (χ3v) is 9.90. The van der Waals surface area contributed by atoms with Crippen molar-refractivity contribution in [3.8, 4) is 0 Å². The van der Waals surface area contributed by atoms with Gasteiger partial charge in [-0.3, -0.25) is 9.69 Å². The van der Waals surface area contributed by atoms with Crippen LogP contribution in [0.25, 0.3) is 0 Å². The van der Waals surface area contributed by atoms with Gasteiger partial charge in [-0.1, -0.05) is 48.5 Å². The van der Waals surface area contributed by atoms with Crippen molar-refractivity contribution < 1.29 is 21.6 Å². The number of sulfone groups is 1. The normalized spacial score (nSPS) is 21.6. The zero-order valence-corrected chi connectivity index (χ0v) is 20.0. The molecule has 0 spiro atoms. The van der Waals surface area contributed by atoms with Crippen LogP contribution in [0.4, 0.5) is 0 Å². The van der Waals surface area contributed by atoms with E-state index < -0.39 is 19.9 Å². The molecule has 0 bridgehead atoms. The van der Waals surface area contributed by atoms with Crippen LogP contribution in [0.5, 0.6) is 0 Å². The summed E-state index contributed by atoms with van der Waals surface area (Å²) in [5.41, 5.74) is 0.953. The number of carbonyl (C=O) groups excluding carboxylic acids is 1. The Hall–Kier alpha value is -2.27. The molecule has 2 aliphatic rings. The lowest BCUT2D eigenvalue weighted by Gasteiger charge is -2.36. The first-order valence-corrected chi connectivity index (χ1v) is 14.3. The first-order chi connectivity index (χ1) is 15.7. The topological polar surface area (TPSA) is 95.1 Å². The Labute approximate surface area is 195 Å². The molecule has 1 amide bonds. The first kappa shape index (κ1) is 23.9. The zero-order valence-electron chi connectivity index (χ0n) is 18.4. The number of sulfonamides is 1. The van der Waals surface area contributed by atoms with Gasteiger partial charge in [0.1, 0.15) is 0 Å². The van der Waals surface area contributed by atoms with Crippen molar-refractivity contribution in [2.75, 3.05) is 44.2 Å². The van der Waals surface area contributed by atoms with Gasteiger partial charge in [-0.25, -0.2) is 16.8 Å². The molecule has 1 unspecified atom stereocenters. The van der Waals surface area contributed by atoms with Crippen LogP contribution in [0.1, 0.15) is 12.0 Å². The summed E-state index contributed by atoms with van der Waals surface area (Å²) < 4.78 is 51.2. The lowest BCUT2D eigenvalue weighted by atomic mass is 10.1. The molecule has 2 aromatic carbocycles. The molecule has 0 radical (unpaired) electrons. The quantitative estimate of drug-likeness (QED) is 0.578. The minimum atomic E-state index is -3.55. The fourth-order valence-corrected chi connectivity index (χ4v) is 7.55. The maximum Gasteiger partial charge on any atom is 0.243 e. The minimum absolute atomic E-state index is 0.00529. The highest BCUT2D eigenvalue weighted by atomic mass is 32.2. The SMILES string of the molecule is O=C(CN1CCN(S(=O)(=O)c2ccccc2)CC1)N(Cc1ccccc1)C1CCS(=O)(=O)C1. The van der Waals surface area contributed by atoms with Crippen LogP contribution in [0.15, 0.2) is 65.6 Å². The van der Waals surface area contributed by atoms with E-state index in [1.54, 1.807) is 35.2 Å². The monoisotopic (exact) mass is 491 g/mol. The number of hydrogen-bond acceptors (Lipinski definition) is 6. The van der Waals surface area contributed by atoms with Crippen LogP contribution in [0.3, 0.4) is 0 Å². The molecule has 0 saturated carbocycles. The maximum atomic E-state index is 13.3. The molecule has 2 aromatic rings. The Kier molecular flexibility index (Phi) is 7.18. The molecule has 0 aliphatic carbocycles. The summed E-state index contributed by atoms with van der Waals surface area (Å²) in [6, 6.07) is 17.6. The molecular formula is C23H29N3O5S2. The van der Waals surface area contributed by atoms with Crippen LogP contribution < -0.4 is 0 Å². The predicted octanol–water partition coefficient (Wildman–Crippen LogP) is 1.21. The highest BCUT2D eigenvalue weighted by molar-refractivity contribution is 7.91. The third kappa shape index (κ3) is 5.81. The van der Waals surface area contributed by atoms with Crippen molar-refractivity contribution in [1.29, 1.82) is 0 Å². The number of nitrogens with zero attached hydrogens (tertiary/aromatic N) is 3. The van der Waals surface area contributed by atoms with Crippen molar-refractivity contribution in [1.82, 2.24) is 14.1 Å². The molecule has 0 N–H and O–H groups in total. The van der Waals surface area contributed by atoms with Gasteiger partial charge in [-0.15, -0.1) is 0 Å². The second kappa shape index (κ2) is 9.92. The van der Waals surface area contributed by atoms with Gasteiger partial charge in [-0.05, 0) is 24.1 Å². The smallest absolute Gasteiger partial charge is 0.243 e. The molecule has 2 heterocycles. The van der Waals surface area contributed by atoms with Crippen LogP contribution in [0.2, 0.25) is 0 Å². The Balaban J connectivity index is 1.40. The standard InChI is InChI=1S/C23H29N3O5S2/c27-23(26(17-20-7-3-1-4-8-20)21-11-16-32(28,29)19-21)18-24-12-14-25(15-13-24)33(30,31)22-9-5-2-6-10-22/h1-10,21H,11-19H2. The number of rotatable bonds is 7. The van der Waals surface area contributed by atoms with E-state index in [1.807, 2.05) is 35.2 Å². The van der Waals surface area contributed by atoms with E-state index in [0.717, 1.165) is 5.56 Å². The van der Waals surface area contributed by atoms with Crippen molar-refractivity contribution in [2.45, 2.75) is 23.9 Å². The fourth-order valence-electron chi connectivity index (χ4n) is 4.37. The Bertz CT molecular complexity index is 1160. The van der Waals surface area contributed by atoms with E-state index in [1.165, 1.54) is 4.31 Å². The van der Waals surface area contributed by atoms with Gasteiger partial charge in [0.2, 0.25) is 15.9 Å². The summed E-state index contributed by atoms with van der Waals surface area (Å²) in [5.74, 6) is -0.0266. The molecule has 0 aromatic heterocycles. The third-order valence-electron chi connectivity index (χ3n) is 6.24. The largest absolute Gasteiger partial charge is 0.333 e. The number of hydrogen-bond donors (Lipinski definition) is 0. The lowest BCUT2D eigenvalue weighted by molar-refractivity contribution is -0.135. The minimum Gasteiger partial charge on any atom is -0.333 e. The Morgan fingerprint density at radius 2 is 1.55 bits per heavy atom. The number of amides is 1.